The van der Waals surface area contributed by atoms with E-state index in [-0.39, 0.29) is 6.04 Å². The van der Waals surface area contributed by atoms with Crippen molar-refractivity contribution >= 4 is 11.9 Å². The monoisotopic (exact) mass is 172 g/mol. The number of amides is 1. The molecule has 0 unspecified atom stereocenters. The van der Waals surface area contributed by atoms with E-state index in [1.807, 2.05) is 0 Å². The maximum absolute atomic E-state index is 10.7. The molecule has 1 aliphatic heterocycles. The summed E-state index contributed by atoms with van der Waals surface area (Å²) in [4.78, 5) is 20.8. The number of hydrogen-bond acceptors (Lipinski definition) is 3. The molecule has 1 atom stereocenters. The minimum atomic E-state index is -1.42. The lowest BCUT2D eigenvalue weighted by atomic mass is 10.1. The fraction of sp³-hybridized carbons (Fsp3) is 0.714. The average Bonchev–Trinajstić information content (AvgIpc) is 2.06. The van der Waals surface area contributed by atoms with E-state index in [9.17, 15) is 9.59 Å². The fourth-order valence-corrected chi connectivity index (χ4v) is 1.22. The van der Waals surface area contributed by atoms with Gasteiger partial charge in [0.1, 0.15) is 0 Å². The first-order valence-electron chi connectivity index (χ1n) is 3.94. The molecular weight excluding hydrogens is 160 g/mol. The molecule has 1 rings (SSSR count). The lowest BCUT2D eigenvalue weighted by Gasteiger charge is -2.22. The summed E-state index contributed by atoms with van der Waals surface area (Å²) >= 11 is 0. The second-order valence-electron chi connectivity index (χ2n) is 2.82. The molecule has 3 N–H and O–H groups in total. The van der Waals surface area contributed by atoms with Crippen LogP contribution in [-0.2, 0) is 9.59 Å². The highest BCUT2D eigenvalue weighted by molar-refractivity contribution is 6.31. The standard InChI is InChI=1S/C7H12N2O3/c10-6(7(11)12)9-5-2-1-3-8-4-5/h5,8H,1-4H2,(H,9,10)(H,11,12)/t5-/m0/s1. The molecule has 12 heavy (non-hydrogen) atoms. The topological polar surface area (TPSA) is 78.4 Å². The van der Waals surface area contributed by atoms with Crippen molar-refractivity contribution in [2.45, 2.75) is 18.9 Å². The van der Waals surface area contributed by atoms with Crippen molar-refractivity contribution in [3.8, 4) is 0 Å². The lowest BCUT2D eigenvalue weighted by molar-refractivity contribution is -0.150. The highest BCUT2D eigenvalue weighted by Crippen LogP contribution is 2.00. The van der Waals surface area contributed by atoms with Gasteiger partial charge in [-0.05, 0) is 19.4 Å². The molecular formula is C7H12N2O3. The minimum Gasteiger partial charge on any atom is -0.474 e. The van der Waals surface area contributed by atoms with E-state index in [4.69, 9.17) is 5.11 Å². The number of carbonyl (C=O) groups excluding carboxylic acids is 1. The zero-order valence-electron chi connectivity index (χ0n) is 6.67. The Kier molecular flexibility index (Phi) is 3.04. The number of carbonyl (C=O) groups is 2. The van der Waals surface area contributed by atoms with Gasteiger partial charge in [-0.3, -0.25) is 4.79 Å². The number of piperidine rings is 1. The molecule has 0 radical (unpaired) electrons. The summed E-state index contributed by atoms with van der Waals surface area (Å²) in [6.07, 6.45) is 1.83. The molecule has 5 nitrogen and oxygen atoms in total. The van der Waals surface area contributed by atoms with Crippen molar-refractivity contribution in [1.29, 1.82) is 0 Å². The molecule has 1 aliphatic rings. The van der Waals surface area contributed by atoms with Crippen LogP contribution in [0.5, 0.6) is 0 Å². The smallest absolute Gasteiger partial charge is 0.394 e. The molecule has 0 aromatic rings. The summed E-state index contributed by atoms with van der Waals surface area (Å²) in [5.74, 6) is -2.33. The summed E-state index contributed by atoms with van der Waals surface area (Å²) in [5, 5.41) is 13.8. The van der Waals surface area contributed by atoms with Gasteiger partial charge in [-0.1, -0.05) is 0 Å². The van der Waals surface area contributed by atoms with E-state index in [0.717, 1.165) is 19.4 Å². The molecule has 5 heteroatoms. The fourth-order valence-electron chi connectivity index (χ4n) is 1.22. The Morgan fingerprint density at radius 1 is 1.50 bits per heavy atom. The highest BCUT2D eigenvalue weighted by atomic mass is 16.4. The summed E-state index contributed by atoms with van der Waals surface area (Å²) in [6.45, 7) is 1.61. The van der Waals surface area contributed by atoms with Crippen molar-refractivity contribution < 1.29 is 14.7 Å². The number of nitrogens with one attached hydrogen (secondary N) is 2. The van der Waals surface area contributed by atoms with Gasteiger partial charge in [-0.15, -0.1) is 0 Å². The molecule has 1 amide bonds. The molecule has 68 valence electrons. The van der Waals surface area contributed by atoms with Crippen molar-refractivity contribution in [2.75, 3.05) is 13.1 Å². The van der Waals surface area contributed by atoms with Gasteiger partial charge in [-0.2, -0.15) is 0 Å². The van der Waals surface area contributed by atoms with Gasteiger partial charge in [0, 0.05) is 12.6 Å². The third kappa shape index (κ3) is 2.50. The third-order valence-electron chi connectivity index (χ3n) is 1.83. The van der Waals surface area contributed by atoms with Gasteiger partial charge >= 0.3 is 11.9 Å². The molecule has 0 saturated carbocycles. The third-order valence-corrected chi connectivity index (χ3v) is 1.83. The Labute approximate surface area is 70.1 Å². The predicted octanol–water partition coefficient (Wildman–Crippen LogP) is -1.06. The average molecular weight is 172 g/mol. The quantitative estimate of drug-likeness (QED) is 0.440. The molecule has 0 bridgehead atoms. The second kappa shape index (κ2) is 4.06. The van der Waals surface area contributed by atoms with Crippen molar-refractivity contribution in [2.24, 2.45) is 0 Å². The number of rotatable bonds is 1. The number of carboxylic acid groups (broad SMARTS) is 1. The number of hydrogen-bond donors (Lipinski definition) is 3. The van der Waals surface area contributed by atoms with Gasteiger partial charge in [-0.25, -0.2) is 4.79 Å². The van der Waals surface area contributed by atoms with E-state index < -0.39 is 11.9 Å². The van der Waals surface area contributed by atoms with E-state index >= 15 is 0 Å². The summed E-state index contributed by atoms with van der Waals surface area (Å²) < 4.78 is 0. The lowest BCUT2D eigenvalue weighted by Crippen LogP contribution is -2.47. The summed E-state index contributed by atoms with van der Waals surface area (Å²) in [5.41, 5.74) is 0. The maximum atomic E-state index is 10.7. The largest absolute Gasteiger partial charge is 0.474 e. The Hall–Kier alpha value is -1.10. The SMILES string of the molecule is O=C(O)C(=O)N[C@H]1CCCNC1. The number of aliphatic carboxylic acids is 1. The van der Waals surface area contributed by atoms with Crippen LogP contribution in [0.25, 0.3) is 0 Å². The minimum absolute atomic E-state index is 0.0256. The first kappa shape index (κ1) is 8.99. The summed E-state index contributed by atoms with van der Waals surface area (Å²) in [6, 6.07) is -0.0256. The van der Waals surface area contributed by atoms with Crippen LogP contribution in [-0.4, -0.2) is 36.1 Å². The Balaban J connectivity index is 2.29. The van der Waals surface area contributed by atoms with Gasteiger partial charge in [0.05, 0.1) is 0 Å². The van der Waals surface area contributed by atoms with E-state index in [0.29, 0.717) is 6.54 Å². The van der Waals surface area contributed by atoms with Crippen molar-refractivity contribution in [1.82, 2.24) is 10.6 Å². The molecule has 1 fully saturated rings. The van der Waals surface area contributed by atoms with Crippen LogP contribution in [0.4, 0.5) is 0 Å². The van der Waals surface area contributed by atoms with Gasteiger partial charge in [0.15, 0.2) is 0 Å². The van der Waals surface area contributed by atoms with Gasteiger partial charge in [0.2, 0.25) is 0 Å². The molecule has 0 spiro atoms. The van der Waals surface area contributed by atoms with E-state index in [1.165, 1.54) is 0 Å². The van der Waals surface area contributed by atoms with Crippen LogP contribution in [0, 0.1) is 0 Å². The normalized spacial score (nSPS) is 23.2. The van der Waals surface area contributed by atoms with Crippen LogP contribution in [0.3, 0.4) is 0 Å². The van der Waals surface area contributed by atoms with E-state index in [2.05, 4.69) is 10.6 Å². The van der Waals surface area contributed by atoms with E-state index in [1.54, 1.807) is 0 Å². The molecule has 0 aromatic heterocycles. The van der Waals surface area contributed by atoms with Crippen LogP contribution in [0.15, 0.2) is 0 Å². The molecule has 0 aromatic carbocycles. The van der Waals surface area contributed by atoms with Crippen LogP contribution < -0.4 is 10.6 Å². The second-order valence-corrected chi connectivity index (χ2v) is 2.82. The van der Waals surface area contributed by atoms with Crippen LogP contribution >= 0.6 is 0 Å². The van der Waals surface area contributed by atoms with Crippen LogP contribution in [0.1, 0.15) is 12.8 Å². The summed E-state index contributed by atoms with van der Waals surface area (Å²) in [7, 11) is 0. The van der Waals surface area contributed by atoms with Gasteiger partial charge in [0.25, 0.3) is 0 Å². The Morgan fingerprint density at radius 3 is 2.75 bits per heavy atom. The molecule has 0 aliphatic carbocycles. The highest BCUT2D eigenvalue weighted by Gasteiger charge is 2.18. The predicted molar refractivity (Wildman–Crippen MR) is 41.7 cm³/mol. The zero-order valence-corrected chi connectivity index (χ0v) is 6.67. The maximum Gasteiger partial charge on any atom is 0.394 e. The van der Waals surface area contributed by atoms with Gasteiger partial charge < -0.3 is 15.7 Å². The molecule has 1 heterocycles. The zero-order chi connectivity index (χ0) is 8.97. The first-order chi connectivity index (χ1) is 5.70. The molecule has 1 saturated heterocycles. The Bertz CT molecular complexity index is 187. The Morgan fingerprint density at radius 2 is 2.25 bits per heavy atom. The van der Waals surface area contributed by atoms with Crippen molar-refractivity contribution in [3.05, 3.63) is 0 Å². The first-order valence-corrected chi connectivity index (χ1v) is 3.94. The van der Waals surface area contributed by atoms with Crippen LogP contribution in [0.2, 0.25) is 0 Å². The number of carboxylic acids is 1. The van der Waals surface area contributed by atoms with Crippen molar-refractivity contribution in [3.63, 3.8) is 0 Å².